The van der Waals surface area contributed by atoms with Crippen LogP contribution in [0.5, 0.6) is 0 Å². The van der Waals surface area contributed by atoms with E-state index in [0.29, 0.717) is 24.6 Å². The Kier molecular flexibility index (Phi) is 4.56. The van der Waals surface area contributed by atoms with Crippen molar-refractivity contribution >= 4 is 16.7 Å². The zero-order valence-electron chi connectivity index (χ0n) is 10.3. The normalized spacial score (nSPS) is 32.2. The first-order valence-electron chi connectivity index (χ1n) is 6.58. The lowest BCUT2D eigenvalue weighted by Crippen LogP contribution is -2.48. The minimum atomic E-state index is -0.720. The van der Waals surface area contributed by atoms with Crippen molar-refractivity contribution in [3.63, 3.8) is 0 Å². The van der Waals surface area contributed by atoms with E-state index in [1.165, 1.54) is 6.42 Å². The van der Waals surface area contributed by atoms with Crippen molar-refractivity contribution in [2.24, 2.45) is 11.7 Å². The summed E-state index contributed by atoms with van der Waals surface area (Å²) in [5.74, 6) is 1.47. The summed E-state index contributed by atoms with van der Waals surface area (Å²) < 4.78 is 11.3. The summed E-state index contributed by atoms with van der Waals surface area (Å²) in [6, 6.07) is 0.0254. The minimum absolute atomic E-state index is 0.00374. The minimum Gasteiger partial charge on any atom is -0.341 e. The molecule has 1 aliphatic carbocycles. The molecule has 2 N–H and O–H groups in total. The lowest BCUT2D eigenvalue weighted by molar-refractivity contribution is -0.136. The van der Waals surface area contributed by atoms with Crippen LogP contribution in [0.3, 0.4) is 0 Å². The zero-order valence-corrected chi connectivity index (χ0v) is 11.1. The predicted molar refractivity (Wildman–Crippen MR) is 69.0 cm³/mol. The summed E-state index contributed by atoms with van der Waals surface area (Å²) in [6.07, 6.45) is 5.36. The number of amides is 1. The number of carbonyl (C=O) groups is 1. The third-order valence-corrected chi connectivity index (χ3v) is 5.15. The average Bonchev–Trinajstić information content (AvgIpc) is 2.54. The van der Waals surface area contributed by atoms with Gasteiger partial charge in [0, 0.05) is 41.4 Å². The Bertz CT molecular complexity index is 299. The van der Waals surface area contributed by atoms with Gasteiger partial charge in [0.05, 0.1) is 5.92 Å². The van der Waals surface area contributed by atoms with E-state index in [-0.39, 0.29) is 17.9 Å². The van der Waals surface area contributed by atoms with E-state index in [0.717, 1.165) is 25.7 Å². The fourth-order valence-electron chi connectivity index (χ4n) is 2.74. The van der Waals surface area contributed by atoms with Crippen molar-refractivity contribution in [1.29, 1.82) is 0 Å². The molecule has 0 radical (unpaired) electrons. The molecule has 17 heavy (non-hydrogen) atoms. The van der Waals surface area contributed by atoms with Crippen molar-refractivity contribution in [3.05, 3.63) is 0 Å². The molecule has 2 aliphatic rings. The highest BCUT2D eigenvalue weighted by Gasteiger charge is 2.31. The number of rotatable bonds is 1. The highest BCUT2D eigenvalue weighted by atomic mass is 32.2. The number of nitrogens with two attached hydrogens (primary N) is 1. The predicted octanol–water partition coefficient (Wildman–Crippen LogP) is 0.485. The Morgan fingerprint density at radius 1 is 1.12 bits per heavy atom. The Morgan fingerprint density at radius 2 is 1.76 bits per heavy atom. The van der Waals surface area contributed by atoms with Crippen LogP contribution in [0.1, 0.15) is 32.1 Å². The van der Waals surface area contributed by atoms with Crippen LogP contribution in [0.25, 0.3) is 0 Å². The number of carbonyl (C=O) groups excluding carboxylic acids is 1. The van der Waals surface area contributed by atoms with Gasteiger partial charge in [-0.1, -0.05) is 19.3 Å². The van der Waals surface area contributed by atoms with E-state index in [1.54, 1.807) is 0 Å². The lowest BCUT2D eigenvalue weighted by Gasteiger charge is -2.31. The molecule has 1 aliphatic heterocycles. The molecule has 2 atom stereocenters. The van der Waals surface area contributed by atoms with Gasteiger partial charge < -0.3 is 10.6 Å². The summed E-state index contributed by atoms with van der Waals surface area (Å²) >= 11 is 0. The summed E-state index contributed by atoms with van der Waals surface area (Å²) in [4.78, 5) is 14.2. The van der Waals surface area contributed by atoms with E-state index < -0.39 is 10.8 Å². The van der Waals surface area contributed by atoms with Crippen LogP contribution in [0.2, 0.25) is 0 Å². The molecule has 0 aromatic heterocycles. The summed E-state index contributed by atoms with van der Waals surface area (Å²) in [6.45, 7) is 1.29. The summed E-state index contributed by atoms with van der Waals surface area (Å²) in [7, 11) is -0.720. The summed E-state index contributed by atoms with van der Waals surface area (Å²) in [5, 5.41) is 0. The third kappa shape index (κ3) is 3.28. The Labute approximate surface area is 105 Å². The van der Waals surface area contributed by atoms with Gasteiger partial charge in [0.1, 0.15) is 0 Å². The van der Waals surface area contributed by atoms with Gasteiger partial charge in [-0.2, -0.15) is 0 Å². The van der Waals surface area contributed by atoms with Gasteiger partial charge in [0.2, 0.25) is 5.91 Å². The zero-order chi connectivity index (χ0) is 12.3. The van der Waals surface area contributed by atoms with Crippen LogP contribution in [0.15, 0.2) is 0 Å². The topological polar surface area (TPSA) is 63.4 Å². The maximum atomic E-state index is 12.4. The largest absolute Gasteiger partial charge is 0.341 e. The number of hydrogen-bond donors (Lipinski definition) is 1. The van der Waals surface area contributed by atoms with Gasteiger partial charge in [-0.3, -0.25) is 9.00 Å². The molecule has 0 bridgehead atoms. The molecule has 2 rings (SSSR count). The fraction of sp³-hybridized carbons (Fsp3) is 0.917. The molecule has 1 saturated heterocycles. The molecule has 0 aromatic carbocycles. The first-order valence-corrected chi connectivity index (χ1v) is 8.06. The number of hydrogen-bond acceptors (Lipinski definition) is 3. The van der Waals surface area contributed by atoms with Crippen LogP contribution in [0, 0.1) is 5.92 Å². The monoisotopic (exact) mass is 258 g/mol. The summed E-state index contributed by atoms with van der Waals surface area (Å²) in [5.41, 5.74) is 6.11. The van der Waals surface area contributed by atoms with E-state index in [4.69, 9.17) is 5.73 Å². The molecular formula is C12H22N2O2S. The van der Waals surface area contributed by atoms with Crippen molar-refractivity contribution in [2.75, 3.05) is 24.6 Å². The van der Waals surface area contributed by atoms with E-state index in [1.807, 2.05) is 4.90 Å². The number of nitrogens with zero attached hydrogens (tertiary/aromatic N) is 1. The Morgan fingerprint density at radius 3 is 2.47 bits per heavy atom. The highest BCUT2D eigenvalue weighted by Crippen LogP contribution is 2.24. The second kappa shape index (κ2) is 5.96. The Hall–Kier alpha value is -0.420. The first-order chi connectivity index (χ1) is 8.18. The molecule has 98 valence electrons. The molecule has 1 saturated carbocycles. The second-order valence-corrected chi connectivity index (χ2v) is 6.78. The highest BCUT2D eigenvalue weighted by molar-refractivity contribution is 7.85. The second-order valence-electron chi connectivity index (χ2n) is 5.08. The van der Waals surface area contributed by atoms with Crippen LogP contribution >= 0.6 is 0 Å². The molecule has 0 spiro atoms. The van der Waals surface area contributed by atoms with Gasteiger partial charge in [-0.05, 0) is 12.8 Å². The average molecular weight is 258 g/mol. The van der Waals surface area contributed by atoms with Gasteiger partial charge in [0.15, 0.2) is 0 Å². The van der Waals surface area contributed by atoms with E-state index in [2.05, 4.69) is 0 Å². The van der Waals surface area contributed by atoms with E-state index in [9.17, 15) is 9.00 Å². The standard InChI is InChI=1S/C12H22N2O2S/c13-11-5-3-1-2-4-10(11)12(15)14-6-8-17(16)9-7-14/h10-11H,1-9,13H2. The third-order valence-electron chi connectivity index (χ3n) is 3.88. The van der Waals surface area contributed by atoms with Crippen LogP contribution in [-0.2, 0) is 15.6 Å². The van der Waals surface area contributed by atoms with Gasteiger partial charge in [0.25, 0.3) is 0 Å². The van der Waals surface area contributed by atoms with Gasteiger partial charge in [-0.15, -0.1) is 0 Å². The van der Waals surface area contributed by atoms with Gasteiger partial charge >= 0.3 is 0 Å². The van der Waals surface area contributed by atoms with Gasteiger partial charge in [-0.25, -0.2) is 0 Å². The molecular weight excluding hydrogens is 236 g/mol. The smallest absolute Gasteiger partial charge is 0.227 e. The van der Waals surface area contributed by atoms with Crippen LogP contribution in [0.4, 0.5) is 0 Å². The van der Waals surface area contributed by atoms with Crippen molar-refractivity contribution in [1.82, 2.24) is 4.90 Å². The fourth-order valence-corrected chi connectivity index (χ4v) is 3.79. The quantitative estimate of drug-likeness (QED) is 0.696. The maximum Gasteiger partial charge on any atom is 0.227 e. The van der Waals surface area contributed by atoms with E-state index >= 15 is 0 Å². The molecule has 0 aromatic rings. The lowest BCUT2D eigenvalue weighted by atomic mass is 9.94. The molecule has 1 amide bonds. The van der Waals surface area contributed by atoms with Crippen molar-refractivity contribution in [2.45, 2.75) is 38.1 Å². The first kappa shape index (κ1) is 13.0. The molecule has 4 nitrogen and oxygen atoms in total. The van der Waals surface area contributed by atoms with Crippen molar-refractivity contribution < 1.29 is 9.00 Å². The van der Waals surface area contributed by atoms with Crippen LogP contribution < -0.4 is 5.73 Å². The SMILES string of the molecule is NC1CCCCCC1C(=O)N1CCS(=O)CC1. The van der Waals surface area contributed by atoms with Crippen LogP contribution in [-0.4, -0.2) is 45.7 Å². The van der Waals surface area contributed by atoms with Crippen molar-refractivity contribution in [3.8, 4) is 0 Å². The molecule has 2 fully saturated rings. The molecule has 2 unspecified atom stereocenters. The molecule has 5 heteroatoms. The Balaban J connectivity index is 1.95. The molecule has 1 heterocycles. The maximum absolute atomic E-state index is 12.4.